The number of nitro groups is 1. The van der Waals surface area contributed by atoms with E-state index in [-0.39, 0.29) is 11.5 Å². The average molecular weight is 365 g/mol. The van der Waals surface area contributed by atoms with E-state index in [0.29, 0.717) is 10.7 Å². The van der Waals surface area contributed by atoms with Crippen molar-refractivity contribution in [1.82, 2.24) is 5.16 Å². The van der Waals surface area contributed by atoms with Crippen molar-refractivity contribution in [3.63, 3.8) is 0 Å². The summed E-state index contributed by atoms with van der Waals surface area (Å²) in [6.07, 6.45) is 0. The van der Waals surface area contributed by atoms with E-state index in [1.165, 1.54) is 30.0 Å². The van der Waals surface area contributed by atoms with Crippen LogP contribution in [0.25, 0.3) is 0 Å². The van der Waals surface area contributed by atoms with Gasteiger partial charge in [0.1, 0.15) is 11.0 Å². The molecule has 0 unspecified atom stereocenters. The number of ether oxygens (including phenoxy) is 1. The molecule has 10 heteroatoms. The quantitative estimate of drug-likeness (QED) is 0.343. The second-order valence-electron chi connectivity index (χ2n) is 4.99. The molecule has 2 aromatic rings. The summed E-state index contributed by atoms with van der Waals surface area (Å²) in [5.41, 5.74) is -0.0284. The molecular weight excluding hydrogens is 350 g/mol. The fraction of sp³-hybridized carbons (Fsp3) is 0.267. The third-order valence-electron chi connectivity index (χ3n) is 2.93. The predicted octanol–water partition coefficient (Wildman–Crippen LogP) is 2.55. The van der Waals surface area contributed by atoms with Crippen molar-refractivity contribution in [2.45, 2.75) is 24.0 Å². The van der Waals surface area contributed by atoms with Crippen molar-refractivity contribution in [3.05, 3.63) is 46.2 Å². The fourth-order valence-corrected chi connectivity index (χ4v) is 2.62. The van der Waals surface area contributed by atoms with Crippen LogP contribution in [-0.4, -0.2) is 33.8 Å². The molecule has 2 rings (SSSR count). The smallest absolute Gasteiger partial charge is 0.319 e. The molecule has 1 atom stereocenters. The highest BCUT2D eigenvalue weighted by Gasteiger charge is 2.18. The van der Waals surface area contributed by atoms with Gasteiger partial charge in [0.25, 0.3) is 11.6 Å². The Bertz CT molecular complexity index is 774. The lowest BCUT2D eigenvalue weighted by Crippen LogP contribution is -2.24. The van der Waals surface area contributed by atoms with E-state index in [2.05, 4.69) is 10.5 Å². The van der Waals surface area contributed by atoms with Gasteiger partial charge >= 0.3 is 5.97 Å². The van der Waals surface area contributed by atoms with Gasteiger partial charge in [0.15, 0.2) is 12.4 Å². The minimum atomic E-state index is -0.580. The highest BCUT2D eigenvalue weighted by Crippen LogP contribution is 2.26. The van der Waals surface area contributed by atoms with E-state index in [1.807, 2.05) is 0 Å². The number of nitro benzene ring substituents is 1. The Kier molecular flexibility index (Phi) is 6.12. The number of aryl methyl sites for hydroxylation is 1. The molecule has 25 heavy (non-hydrogen) atoms. The summed E-state index contributed by atoms with van der Waals surface area (Å²) in [5, 5.41) is 16.0. The molecule has 1 N–H and O–H groups in total. The molecule has 0 saturated carbocycles. The summed E-state index contributed by atoms with van der Waals surface area (Å²) in [5.74, 6) is -0.323. The third kappa shape index (κ3) is 5.60. The lowest BCUT2D eigenvalue weighted by molar-refractivity contribution is -0.384. The number of rotatable bonds is 7. The van der Waals surface area contributed by atoms with Crippen LogP contribution in [0.1, 0.15) is 12.7 Å². The highest BCUT2D eigenvalue weighted by atomic mass is 32.2. The fourth-order valence-electron chi connectivity index (χ4n) is 1.76. The van der Waals surface area contributed by atoms with Crippen LogP contribution in [0.15, 0.2) is 39.8 Å². The first-order valence-electron chi connectivity index (χ1n) is 7.16. The number of non-ortho nitro benzene ring substituents is 1. The van der Waals surface area contributed by atoms with Crippen molar-refractivity contribution in [2.75, 3.05) is 11.9 Å². The minimum Gasteiger partial charge on any atom is -0.455 e. The zero-order chi connectivity index (χ0) is 18.4. The van der Waals surface area contributed by atoms with Crippen LogP contribution in [0.2, 0.25) is 0 Å². The van der Waals surface area contributed by atoms with Crippen molar-refractivity contribution >= 4 is 35.1 Å². The zero-order valence-electron chi connectivity index (χ0n) is 13.4. The molecule has 0 aliphatic rings. The monoisotopic (exact) mass is 365 g/mol. The van der Waals surface area contributed by atoms with Gasteiger partial charge in [-0.2, -0.15) is 0 Å². The van der Waals surface area contributed by atoms with Gasteiger partial charge in [-0.25, -0.2) is 0 Å². The molecular formula is C15H15N3O6S. The molecule has 9 nitrogen and oxygen atoms in total. The lowest BCUT2D eigenvalue weighted by atomic mass is 10.3. The van der Waals surface area contributed by atoms with Crippen molar-refractivity contribution in [1.29, 1.82) is 0 Å². The Balaban J connectivity index is 1.79. The van der Waals surface area contributed by atoms with Gasteiger partial charge in [-0.1, -0.05) is 5.16 Å². The number of hydrogen-bond acceptors (Lipinski definition) is 8. The molecule has 0 bridgehead atoms. The number of carbonyl (C=O) groups is 2. The van der Waals surface area contributed by atoms with E-state index in [0.717, 1.165) is 0 Å². The topological polar surface area (TPSA) is 125 Å². The van der Waals surface area contributed by atoms with Crippen LogP contribution in [-0.2, 0) is 14.3 Å². The molecule has 0 spiro atoms. The van der Waals surface area contributed by atoms with Crippen molar-refractivity contribution in [3.8, 4) is 0 Å². The summed E-state index contributed by atoms with van der Waals surface area (Å²) in [6, 6.07) is 7.34. The van der Waals surface area contributed by atoms with Gasteiger partial charge in [-0.3, -0.25) is 19.7 Å². The number of amides is 1. The molecule has 1 heterocycles. The van der Waals surface area contributed by atoms with Gasteiger partial charge in [0.2, 0.25) is 0 Å². The average Bonchev–Trinajstić information content (AvgIpc) is 2.97. The Labute approximate surface area is 146 Å². The van der Waals surface area contributed by atoms with Crippen LogP contribution in [0.5, 0.6) is 0 Å². The molecule has 1 aromatic carbocycles. The maximum absolute atomic E-state index is 11.9. The summed E-state index contributed by atoms with van der Waals surface area (Å²) >= 11 is 1.17. The van der Waals surface area contributed by atoms with Crippen molar-refractivity contribution in [2.24, 2.45) is 0 Å². The van der Waals surface area contributed by atoms with Gasteiger partial charge in [-0.05, 0) is 26.0 Å². The van der Waals surface area contributed by atoms with Gasteiger partial charge in [0, 0.05) is 23.1 Å². The maximum Gasteiger partial charge on any atom is 0.319 e. The second-order valence-corrected chi connectivity index (χ2v) is 6.40. The van der Waals surface area contributed by atoms with Crippen LogP contribution < -0.4 is 5.32 Å². The first kappa shape index (κ1) is 18.5. The Hall–Kier alpha value is -2.88. The first-order valence-corrected chi connectivity index (χ1v) is 8.04. The normalized spacial score (nSPS) is 11.6. The number of esters is 1. The summed E-state index contributed by atoms with van der Waals surface area (Å²) in [7, 11) is 0. The number of benzene rings is 1. The minimum absolute atomic E-state index is 0.0284. The van der Waals surface area contributed by atoms with E-state index in [1.54, 1.807) is 26.0 Å². The van der Waals surface area contributed by atoms with E-state index < -0.39 is 28.7 Å². The number of thioether (sulfide) groups is 1. The number of carbonyl (C=O) groups excluding carboxylic acids is 2. The van der Waals surface area contributed by atoms with Crippen LogP contribution >= 0.6 is 11.8 Å². The summed E-state index contributed by atoms with van der Waals surface area (Å²) < 4.78 is 9.74. The van der Waals surface area contributed by atoms with E-state index in [9.17, 15) is 19.7 Å². The Morgan fingerprint density at radius 1 is 1.40 bits per heavy atom. The molecule has 0 aliphatic heterocycles. The van der Waals surface area contributed by atoms with Gasteiger partial charge < -0.3 is 14.6 Å². The Morgan fingerprint density at radius 3 is 2.64 bits per heavy atom. The molecule has 0 aliphatic carbocycles. The third-order valence-corrected chi connectivity index (χ3v) is 4.02. The van der Waals surface area contributed by atoms with E-state index >= 15 is 0 Å². The SMILES string of the molecule is Cc1cc(NC(=O)COC(=O)[C@H](C)Sc2ccc([N+](=O)[O-])cc2)no1. The molecule has 0 radical (unpaired) electrons. The largest absolute Gasteiger partial charge is 0.455 e. The standard InChI is InChI=1S/C15H15N3O6S/c1-9-7-13(17-24-9)16-14(19)8-23-15(20)10(2)25-12-5-3-11(4-6-12)18(21)22/h3-7,10H,8H2,1-2H3,(H,16,17,19)/t10-/m0/s1. The molecule has 132 valence electrons. The zero-order valence-corrected chi connectivity index (χ0v) is 14.2. The van der Waals surface area contributed by atoms with Gasteiger partial charge in [-0.15, -0.1) is 11.8 Å². The molecule has 1 aromatic heterocycles. The van der Waals surface area contributed by atoms with Crippen LogP contribution in [0, 0.1) is 17.0 Å². The number of hydrogen-bond donors (Lipinski definition) is 1. The second kappa shape index (κ2) is 8.29. The van der Waals surface area contributed by atoms with Crippen LogP contribution in [0.3, 0.4) is 0 Å². The number of nitrogens with one attached hydrogen (secondary N) is 1. The first-order chi connectivity index (χ1) is 11.8. The Morgan fingerprint density at radius 2 is 2.08 bits per heavy atom. The number of anilines is 1. The summed E-state index contributed by atoms with van der Waals surface area (Å²) in [4.78, 5) is 34.4. The molecule has 1 amide bonds. The summed E-state index contributed by atoms with van der Waals surface area (Å²) in [6.45, 7) is 2.85. The van der Waals surface area contributed by atoms with Gasteiger partial charge in [0.05, 0.1) is 4.92 Å². The molecule has 0 fully saturated rings. The van der Waals surface area contributed by atoms with Crippen molar-refractivity contribution < 1.29 is 23.8 Å². The van der Waals surface area contributed by atoms with E-state index in [4.69, 9.17) is 9.26 Å². The predicted molar refractivity (Wildman–Crippen MR) is 89.2 cm³/mol. The maximum atomic E-state index is 11.9. The lowest BCUT2D eigenvalue weighted by Gasteiger charge is -2.10. The highest BCUT2D eigenvalue weighted by molar-refractivity contribution is 8.00. The molecule has 0 saturated heterocycles. The number of aromatic nitrogens is 1. The number of nitrogens with zero attached hydrogens (tertiary/aromatic N) is 2. The van der Waals surface area contributed by atoms with Crippen LogP contribution in [0.4, 0.5) is 11.5 Å².